The minimum absolute atomic E-state index is 0.0427. The van der Waals surface area contributed by atoms with E-state index >= 15 is 0 Å². The molecule has 2 rings (SSSR count). The maximum absolute atomic E-state index is 13.4. The summed E-state index contributed by atoms with van der Waals surface area (Å²) in [6.07, 6.45) is 2.63. The summed E-state index contributed by atoms with van der Waals surface area (Å²) in [6, 6.07) is 14.1. The first-order valence-corrected chi connectivity index (χ1v) is 14.4. The maximum atomic E-state index is 13.4. The Bertz CT molecular complexity index is 1140. The zero-order valence-electron chi connectivity index (χ0n) is 25.1. The molecule has 1 aromatic carbocycles. The molecule has 0 saturated carbocycles. The summed E-state index contributed by atoms with van der Waals surface area (Å²) in [6.45, 7) is 9.11. The second-order valence-corrected chi connectivity index (χ2v) is 10.8. The van der Waals surface area contributed by atoms with E-state index in [1.165, 1.54) is 14.0 Å². The van der Waals surface area contributed by atoms with Crippen LogP contribution in [0.2, 0.25) is 0 Å². The van der Waals surface area contributed by atoms with Gasteiger partial charge in [-0.15, -0.1) is 0 Å². The molecule has 0 aliphatic carbocycles. The molecule has 2 N–H and O–H groups in total. The third kappa shape index (κ3) is 11.7. The molecule has 0 aliphatic rings. The molecule has 0 radical (unpaired) electrons. The number of rotatable bonds is 16. The Hall–Kier alpha value is -3.75. The number of hydrogen-bond acceptors (Lipinski definition) is 7. The van der Waals surface area contributed by atoms with Gasteiger partial charge in [0.15, 0.2) is 0 Å². The number of aromatic nitrogens is 1. The lowest BCUT2D eigenvalue weighted by atomic mass is 9.95. The van der Waals surface area contributed by atoms with E-state index in [0.717, 1.165) is 18.4 Å². The number of pyridine rings is 1. The Kier molecular flexibility index (Phi) is 14.0. The van der Waals surface area contributed by atoms with Crippen molar-refractivity contribution in [2.24, 2.45) is 11.8 Å². The van der Waals surface area contributed by atoms with Crippen molar-refractivity contribution in [2.45, 2.75) is 91.3 Å². The number of benzene rings is 1. The van der Waals surface area contributed by atoms with Gasteiger partial charge in [-0.1, -0.05) is 70.5 Å². The summed E-state index contributed by atoms with van der Waals surface area (Å²) in [4.78, 5) is 54.5. The van der Waals surface area contributed by atoms with Crippen LogP contribution in [0.25, 0.3) is 0 Å². The van der Waals surface area contributed by atoms with Gasteiger partial charge in [0, 0.05) is 31.8 Å². The lowest BCUT2D eigenvalue weighted by molar-refractivity contribution is -0.148. The second kappa shape index (κ2) is 17.1. The molecule has 4 atom stereocenters. The molecule has 2 unspecified atom stereocenters. The van der Waals surface area contributed by atoms with Gasteiger partial charge >= 0.3 is 11.9 Å². The van der Waals surface area contributed by atoms with Crippen molar-refractivity contribution in [1.29, 1.82) is 0 Å². The summed E-state index contributed by atoms with van der Waals surface area (Å²) >= 11 is 0. The lowest BCUT2D eigenvalue weighted by Gasteiger charge is -2.27. The molecule has 2 amide bonds. The fraction of sp³-hybridized carbons (Fsp3) is 0.531. The minimum Gasteiger partial charge on any atom is -0.469 e. The van der Waals surface area contributed by atoms with Crippen LogP contribution in [0.4, 0.5) is 0 Å². The molecule has 1 aromatic heterocycles. The third-order valence-corrected chi connectivity index (χ3v) is 6.92. The Morgan fingerprint density at radius 3 is 2.24 bits per heavy atom. The summed E-state index contributed by atoms with van der Waals surface area (Å²) in [5.74, 6) is -1.60. The Morgan fingerprint density at radius 1 is 0.927 bits per heavy atom. The highest BCUT2D eigenvalue weighted by atomic mass is 16.5. The third-order valence-electron chi connectivity index (χ3n) is 6.92. The van der Waals surface area contributed by atoms with Crippen LogP contribution in [0.3, 0.4) is 0 Å². The first-order chi connectivity index (χ1) is 19.5. The number of esters is 2. The second-order valence-electron chi connectivity index (χ2n) is 10.8. The maximum Gasteiger partial charge on any atom is 0.308 e. The molecule has 0 fully saturated rings. The van der Waals surface area contributed by atoms with Crippen molar-refractivity contribution < 1.29 is 28.7 Å². The molecular weight excluding hydrogens is 522 g/mol. The van der Waals surface area contributed by atoms with Crippen molar-refractivity contribution in [2.75, 3.05) is 7.11 Å². The van der Waals surface area contributed by atoms with E-state index in [2.05, 4.69) is 15.6 Å². The van der Waals surface area contributed by atoms with Gasteiger partial charge in [0.05, 0.1) is 18.7 Å². The average Bonchev–Trinajstić information content (AvgIpc) is 2.94. The van der Waals surface area contributed by atoms with Crippen LogP contribution in [-0.2, 0) is 30.3 Å². The van der Waals surface area contributed by atoms with E-state index in [1.54, 1.807) is 25.1 Å². The van der Waals surface area contributed by atoms with Crippen LogP contribution in [0, 0.1) is 11.8 Å². The summed E-state index contributed by atoms with van der Waals surface area (Å²) in [7, 11) is 1.35. The fourth-order valence-corrected chi connectivity index (χ4v) is 4.61. The molecule has 224 valence electrons. The molecule has 0 saturated heterocycles. The van der Waals surface area contributed by atoms with E-state index in [-0.39, 0.29) is 35.6 Å². The summed E-state index contributed by atoms with van der Waals surface area (Å²) in [5.41, 5.74) is 1.60. The van der Waals surface area contributed by atoms with Crippen LogP contribution < -0.4 is 10.6 Å². The van der Waals surface area contributed by atoms with Gasteiger partial charge in [0.1, 0.15) is 11.8 Å². The smallest absolute Gasteiger partial charge is 0.308 e. The summed E-state index contributed by atoms with van der Waals surface area (Å²) < 4.78 is 10.5. The zero-order valence-corrected chi connectivity index (χ0v) is 25.1. The van der Waals surface area contributed by atoms with Gasteiger partial charge in [-0.2, -0.15) is 0 Å². The Morgan fingerprint density at radius 2 is 1.63 bits per heavy atom. The van der Waals surface area contributed by atoms with Crippen LogP contribution >= 0.6 is 0 Å². The van der Waals surface area contributed by atoms with Gasteiger partial charge in [0.2, 0.25) is 5.91 Å². The van der Waals surface area contributed by atoms with Gasteiger partial charge in [0.25, 0.3) is 5.91 Å². The largest absolute Gasteiger partial charge is 0.469 e. The van der Waals surface area contributed by atoms with Crippen molar-refractivity contribution in [3.05, 3.63) is 65.5 Å². The zero-order chi connectivity index (χ0) is 30.4. The fourth-order valence-electron chi connectivity index (χ4n) is 4.61. The number of carbonyl (C=O) groups is 4. The molecule has 9 nitrogen and oxygen atoms in total. The highest BCUT2D eigenvalue weighted by molar-refractivity contribution is 5.92. The van der Waals surface area contributed by atoms with E-state index in [9.17, 15) is 19.2 Å². The first-order valence-electron chi connectivity index (χ1n) is 14.4. The molecular formula is C32H45N3O6. The van der Waals surface area contributed by atoms with E-state index in [1.807, 2.05) is 51.1 Å². The van der Waals surface area contributed by atoms with Crippen LogP contribution in [-0.4, -0.2) is 47.9 Å². The predicted molar refractivity (Wildman–Crippen MR) is 157 cm³/mol. The topological polar surface area (TPSA) is 124 Å². The number of amides is 2. The van der Waals surface area contributed by atoms with E-state index in [0.29, 0.717) is 31.4 Å². The summed E-state index contributed by atoms with van der Waals surface area (Å²) in [5, 5.41) is 6.10. The van der Waals surface area contributed by atoms with Crippen LogP contribution in [0.15, 0.2) is 48.5 Å². The predicted octanol–water partition coefficient (Wildman–Crippen LogP) is 4.95. The molecule has 0 aliphatic heterocycles. The number of nitrogens with one attached hydrogen (secondary N) is 2. The van der Waals surface area contributed by atoms with E-state index < -0.39 is 23.9 Å². The Balaban J connectivity index is 2.26. The number of hydrogen-bond donors (Lipinski definition) is 2. The van der Waals surface area contributed by atoms with Gasteiger partial charge in [-0.25, -0.2) is 4.98 Å². The van der Waals surface area contributed by atoms with Crippen LogP contribution in [0.1, 0.15) is 94.6 Å². The molecule has 0 spiro atoms. The SMILES string of the molecule is CCCCC(=O)NC(CC(OC(C)=O)c1cccc(C(=O)N[C@@H](Cc2ccccc2)C[C@H](C)C(=O)OC)n1)C(C)C. The van der Waals surface area contributed by atoms with Crippen molar-refractivity contribution in [3.8, 4) is 0 Å². The van der Waals surface area contributed by atoms with Crippen molar-refractivity contribution in [3.63, 3.8) is 0 Å². The molecule has 0 bridgehead atoms. The molecule has 2 aromatic rings. The Labute approximate surface area is 243 Å². The number of methoxy groups -OCH3 is 1. The van der Waals surface area contributed by atoms with Crippen molar-refractivity contribution in [1.82, 2.24) is 15.6 Å². The number of carbonyl (C=O) groups excluding carboxylic acids is 4. The number of unbranched alkanes of at least 4 members (excludes halogenated alkanes) is 1. The highest BCUT2D eigenvalue weighted by Gasteiger charge is 2.27. The number of nitrogens with zero attached hydrogens (tertiary/aromatic N) is 1. The molecule has 41 heavy (non-hydrogen) atoms. The average molecular weight is 568 g/mol. The standard InChI is InChI=1S/C32H45N3O6/c1-7-8-17-30(37)35-28(21(2)3)20-29(41-23(5)36)26-15-12-16-27(34-26)31(38)33-25(18-22(4)32(39)40-6)19-24-13-10-9-11-14-24/h9-16,21-22,25,28-29H,7-8,17-20H2,1-6H3,(H,33,38)(H,35,37)/t22-,25+,28?,29?/m0/s1. The van der Waals surface area contributed by atoms with Gasteiger partial charge in [-0.3, -0.25) is 19.2 Å². The minimum atomic E-state index is -0.751. The van der Waals surface area contributed by atoms with Gasteiger partial charge in [-0.05, 0) is 42.9 Å². The monoisotopic (exact) mass is 567 g/mol. The van der Waals surface area contributed by atoms with Crippen molar-refractivity contribution >= 4 is 23.8 Å². The molecule has 9 heteroatoms. The highest BCUT2D eigenvalue weighted by Crippen LogP contribution is 2.25. The normalized spacial score (nSPS) is 13.9. The molecule has 1 heterocycles. The van der Waals surface area contributed by atoms with E-state index in [4.69, 9.17) is 9.47 Å². The first kappa shape index (κ1) is 33.5. The van der Waals surface area contributed by atoms with Crippen LogP contribution in [0.5, 0.6) is 0 Å². The van der Waals surface area contributed by atoms with Gasteiger partial charge < -0.3 is 20.1 Å². The quantitative estimate of drug-likeness (QED) is 0.275. The number of ether oxygens (including phenoxy) is 2. The lowest BCUT2D eigenvalue weighted by Crippen LogP contribution is -2.40.